The van der Waals surface area contributed by atoms with Gasteiger partial charge in [-0.15, -0.1) is 0 Å². The van der Waals surface area contributed by atoms with E-state index in [0.29, 0.717) is 22.1 Å². The van der Waals surface area contributed by atoms with E-state index in [1.54, 1.807) is 0 Å². The van der Waals surface area contributed by atoms with E-state index >= 15 is 0 Å². The Morgan fingerprint density at radius 2 is 2.35 bits per heavy atom. The fourth-order valence-corrected chi connectivity index (χ4v) is 4.29. The van der Waals surface area contributed by atoms with Crippen LogP contribution in [0.4, 0.5) is 5.13 Å². The fourth-order valence-electron chi connectivity index (χ4n) is 3.11. The summed E-state index contributed by atoms with van der Waals surface area (Å²) in [5.74, 6) is -0.425. The number of piperidine rings is 1. The lowest BCUT2D eigenvalue weighted by Crippen LogP contribution is -2.42. The van der Waals surface area contributed by atoms with Gasteiger partial charge < -0.3 is 15.0 Å². The average molecular weight is 316 g/mol. The van der Waals surface area contributed by atoms with Gasteiger partial charge in [0.05, 0.1) is 7.11 Å². The maximum Gasteiger partial charge on any atom is 0.351 e. The van der Waals surface area contributed by atoms with Gasteiger partial charge in [-0.05, 0) is 32.2 Å². The SMILES string of the molecule is COC(=O)c1sc(NC2CCN3CCCC3C2)nc1Cl. The summed E-state index contributed by atoms with van der Waals surface area (Å²) < 4.78 is 4.69. The standard InChI is InChI=1S/C13H18ClN3O2S/c1-19-12(18)10-11(14)16-13(20-10)15-8-4-6-17-5-2-3-9(17)7-8/h8-9H,2-7H2,1H3,(H,15,16). The molecule has 0 bridgehead atoms. The molecule has 3 rings (SSSR count). The fraction of sp³-hybridized carbons (Fsp3) is 0.692. The first-order chi connectivity index (χ1) is 9.67. The summed E-state index contributed by atoms with van der Waals surface area (Å²) >= 11 is 7.24. The third kappa shape index (κ3) is 2.77. The molecule has 0 aliphatic carbocycles. The number of halogens is 1. The molecule has 2 aliphatic heterocycles. The molecule has 2 atom stereocenters. The van der Waals surface area contributed by atoms with Crippen LogP contribution in [0.15, 0.2) is 0 Å². The number of aromatic nitrogens is 1. The van der Waals surface area contributed by atoms with Gasteiger partial charge in [-0.1, -0.05) is 22.9 Å². The van der Waals surface area contributed by atoms with E-state index in [0.717, 1.165) is 19.4 Å². The van der Waals surface area contributed by atoms with E-state index in [2.05, 4.69) is 19.9 Å². The smallest absolute Gasteiger partial charge is 0.351 e. The summed E-state index contributed by atoms with van der Waals surface area (Å²) in [6, 6.07) is 1.12. The van der Waals surface area contributed by atoms with Crippen LogP contribution in [0.2, 0.25) is 5.15 Å². The second-order valence-corrected chi connectivity index (χ2v) is 6.69. The molecule has 1 aromatic heterocycles. The first kappa shape index (κ1) is 14.1. The van der Waals surface area contributed by atoms with Gasteiger partial charge in [-0.2, -0.15) is 0 Å². The molecule has 0 amide bonds. The predicted molar refractivity (Wildman–Crippen MR) is 79.7 cm³/mol. The lowest BCUT2D eigenvalue weighted by atomic mass is 9.98. The number of hydrogen-bond donors (Lipinski definition) is 1. The third-order valence-corrected chi connectivity index (χ3v) is 5.46. The molecule has 0 saturated carbocycles. The summed E-state index contributed by atoms with van der Waals surface area (Å²) in [6.45, 7) is 2.39. The van der Waals surface area contributed by atoms with Crippen molar-refractivity contribution in [2.45, 2.75) is 37.8 Å². The zero-order valence-electron chi connectivity index (χ0n) is 11.4. The Hall–Kier alpha value is -0.850. The van der Waals surface area contributed by atoms with Crippen molar-refractivity contribution in [3.8, 4) is 0 Å². The maximum absolute atomic E-state index is 11.5. The molecule has 0 spiro atoms. The predicted octanol–water partition coefficient (Wildman–Crippen LogP) is 2.62. The van der Waals surface area contributed by atoms with Crippen molar-refractivity contribution in [3.63, 3.8) is 0 Å². The van der Waals surface area contributed by atoms with Crippen LogP contribution in [0.25, 0.3) is 0 Å². The van der Waals surface area contributed by atoms with Crippen molar-refractivity contribution < 1.29 is 9.53 Å². The number of anilines is 1. The molecule has 20 heavy (non-hydrogen) atoms. The molecule has 1 N–H and O–H groups in total. The van der Waals surface area contributed by atoms with E-state index in [-0.39, 0.29) is 5.15 Å². The Labute approximate surface area is 127 Å². The van der Waals surface area contributed by atoms with Gasteiger partial charge in [-0.25, -0.2) is 9.78 Å². The molecular weight excluding hydrogens is 298 g/mol. The highest BCUT2D eigenvalue weighted by Crippen LogP contribution is 2.32. The van der Waals surface area contributed by atoms with Crippen LogP contribution in [0.1, 0.15) is 35.4 Å². The van der Waals surface area contributed by atoms with Crippen molar-refractivity contribution in [1.29, 1.82) is 0 Å². The van der Waals surface area contributed by atoms with E-state index in [9.17, 15) is 4.79 Å². The second-order valence-electron chi connectivity index (χ2n) is 5.33. The lowest BCUT2D eigenvalue weighted by molar-refractivity contribution is 0.0606. The molecule has 2 saturated heterocycles. The Balaban J connectivity index is 1.64. The average Bonchev–Trinajstić information content (AvgIpc) is 3.04. The van der Waals surface area contributed by atoms with Crippen LogP contribution in [-0.2, 0) is 4.74 Å². The highest BCUT2D eigenvalue weighted by Gasteiger charge is 2.32. The number of esters is 1. The number of rotatable bonds is 3. The summed E-state index contributed by atoms with van der Waals surface area (Å²) in [6.07, 6.45) is 4.86. The highest BCUT2D eigenvalue weighted by molar-refractivity contribution is 7.18. The molecule has 3 heterocycles. The summed E-state index contributed by atoms with van der Waals surface area (Å²) in [5.41, 5.74) is 0. The second kappa shape index (κ2) is 5.87. The molecule has 5 nitrogen and oxygen atoms in total. The first-order valence-corrected chi connectivity index (χ1v) is 8.12. The Morgan fingerprint density at radius 1 is 1.50 bits per heavy atom. The zero-order valence-corrected chi connectivity index (χ0v) is 13.0. The molecule has 7 heteroatoms. The normalized spacial score (nSPS) is 26.3. The molecule has 2 aliphatic rings. The molecule has 1 aromatic rings. The Kier molecular flexibility index (Phi) is 4.14. The van der Waals surface area contributed by atoms with Gasteiger partial charge in [0, 0.05) is 18.6 Å². The zero-order chi connectivity index (χ0) is 14.1. The topological polar surface area (TPSA) is 54.5 Å². The number of methoxy groups -OCH3 is 1. The molecule has 110 valence electrons. The van der Waals surface area contributed by atoms with Crippen molar-refractivity contribution in [1.82, 2.24) is 9.88 Å². The van der Waals surface area contributed by atoms with Gasteiger partial charge in [0.2, 0.25) is 0 Å². The minimum absolute atomic E-state index is 0.225. The first-order valence-electron chi connectivity index (χ1n) is 6.92. The number of carbonyl (C=O) groups excluding carboxylic acids is 1. The number of fused-ring (bicyclic) bond motifs is 1. The van der Waals surface area contributed by atoms with Crippen LogP contribution in [0.3, 0.4) is 0 Å². The van der Waals surface area contributed by atoms with Gasteiger partial charge >= 0.3 is 5.97 Å². The molecule has 2 unspecified atom stereocenters. The number of carbonyl (C=O) groups is 1. The van der Waals surface area contributed by atoms with Gasteiger partial charge in [0.15, 0.2) is 15.2 Å². The van der Waals surface area contributed by atoms with E-state index in [1.807, 2.05) is 0 Å². The van der Waals surface area contributed by atoms with Crippen molar-refractivity contribution in [2.24, 2.45) is 0 Å². The van der Waals surface area contributed by atoms with Crippen LogP contribution >= 0.6 is 22.9 Å². The highest BCUT2D eigenvalue weighted by atomic mass is 35.5. The van der Waals surface area contributed by atoms with Crippen LogP contribution in [-0.4, -0.2) is 48.1 Å². The van der Waals surface area contributed by atoms with Crippen molar-refractivity contribution in [2.75, 3.05) is 25.5 Å². The van der Waals surface area contributed by atoms with Crippen LogP contribution < -0.4 is 5.32 Å². The van der Waals surface area contributed by atoms with Crippen LogP contribution in [0, 0.1) is 0 Å². The summed E-state index contributed by atoms with van der Waals surface area (Å²) in [5, 5.41) is 4.36. The number of thiazole rings is 1. The number of hydrogen-bond acceptors (Lipinski definition) is 6. The van der Waals surface area contributed by atoms with E-state index in [1.165, 1.54) is 37.8 Å². The lowest BCUT2D eigenvalue weighted by Gasteiger charge is -2.35. The summed E-state index contributed by atoms with van der Waals surface area (Å²) in [7, 11) is 1.35. The molecule has 2 fully saturated rings. The molecule has 0 aromatic carbocycles. The Bertz CT molecular complexity index is 508. The number of nitrogens with zero attached hydrogens (tertiary/aromatic N) is 2. The number of ether oxygens (including phenoxy) is 1. The third-order valence-electron chi connectivity index (χ3n) is 4.10. The molecule has 0 radical (unpaired) electrons. The van der Waals surface area contributed by atoms with Crippen molar-refractivity contribution >= 4 is 34.0 Å². The van der Waals surface area contributed by atoms with Crippen LogP contribution in [0.5, 0.6) is 0 Å². The van der Waals surface area contributed by atoms with E-state index < -0.39 is 5.97 Å². The largest absolute Gasteiger partial charge is 0.465 e. The quantitative estimate of drug-likeness (QED) is 0.869. The van der Waals surface area contributed by atoms with Crippen molar-refractivity contribution in [3.05, 3.63) is 10.0 Å². The van der Waals surface area contributed by atoms with Gasteiger partial charge in [-0.3, -0.25) is 0 Å². The van der Waals surface area contributed by atoms with Gasteiger partial charge in [0.1, 0.15) is 0 Å². The number of nitrogens with one attached hydrogen (secondary N) is 1. The minimum atomic E-state index is -0.425. The van der Waals surface area contributed by atoms with Gasteiger partial charge in [0.25, 0.3) is 0 Å². The maximum atomic E-state index is 11.5. The molecular formula is C13H18ClN3O2S. The van der Waals surface area contributed by atoms with E-state index in [4.69, 9.17) is 11.6 Å². The minimum Gasteiger partial charge on any atom is -0.465 e. The summed E-state index contributed by atoms with van der Waals surface area (Å²) in [4.78, 5) is 18.7. The Morgan fingerprint density at radius 3 is 3.15 bits per heavy atom. The monoisotopic (exact) mass is 315 g/mol.